The van der Waals surface area contributed by atoms with Gasteiger partial charge in [-0.2, -0.15) is 0 Å². The molecule has 3 heterocycles. The number of aliphatic imine (C=N–C) groups is 1. The Bertz CT molecular complexity index is 949. The summed E-state index contributed by atoms with van der Waals surface area (Å²) >= 11 is 2.66. The smallest absolute Gasteiger partial charge is 0.329 e. The molecule has 1 saturated heterocycles. The van der Waals surface area contributed by atoms with Crippen molar-refractivity contribution >= 4 is 44.3 Å². The van der Waals surface area contributed by atoms with Gasteiger partial charge in [0.05, 0.1) is 16.8 Å². The van der Waals surface area contributed by atoms with Gasteiger partial charge in [0.15, 0.2) is 6.04 Å². The van der Waals surface area contributed by atoms with E-state index in [0.29, 0.717) is 27.1 Å². The van der Waals surface area contributed by atoms with Crippen molar-refractivity contribution in [2.75, 3.05) is 12.4 Å². The predicted molar refractivity (Wildman–Crippen MR) is 104 cm³/mol. The first-order valence-corrected chi connectivity index (χ1v) is 10.5. The Kier molecular flexibility index (Phi) is 5.75. The SMILES string of the molecule is O=C(O)[C@H]1CSC(c2nc3ccc(O[C@@H]4OC(CO)[C@@H](O)[C@@H](O)C4O)cc3s2)=N1. The molecule has 0 saturated carbocycles. The van der Waals surface area contributed by atoms with Crippen LogP contribution in [0.1, 0.15) is 5.01 Å². The molecule has 1 aromatic heterocycles. The molecule has 2 unspecified atom stereocenters. The van der Waals surface area contributed by atoms with E-state index in [1.165, 1.54) is 23.1 Å². The summed E-state index contributed by atoms with van der Waals surface area (Å²) in [5.41, 5.74) is 0.674. The molecule has 29 heavy (non-hydrogen) atoms. The quantitative estimate of drug-likeness (QED) is 0.405. The third-order valence-electron chi connectivity index (χ3n) is 4.58. The molecule has 0 spiro atoms. The van der Waals surface area contributed by atoms with Crippen molar-refractivity contribution in [3.8, 4) is 5.75 Å². The van der Waals surface area contributed by atoms with Crippen LogP contribution in [0.3, 0.4) is 0 Å². The fourth-order valence-corrected chi connectivity index (χ4v) is 5.08. The zero-order chi connectivity index (χ0) is 20.7. The first-order chi connectivity index (χ1) is 13.9. The van der Waals surface area contributed by atoms with E-state index in [2.05, 4.69) is 9.98 Å². The Morgan fingerprint density at radius 3 is 2.72 bits per heavy atom. The molecule has 0 radical (unpaired) electrons. The van der Waals surface area contributed by atoms with Gasteiger partial charge in [-0.15, -0.1) is 23.1 Å². The average Bonchev–Trinajstić information content (AvgIpc) is 3.35. The minimum Gasteiger partial charge on any atom is -0.480 e. The molecular formula is C17H18N2O8S2. The van der Waals surface area contributed by atoms with Crippen LogP contribution in [0.25, 0.3) is 10.2 Å². The van der Waals surface area contributed by atoms with E-state index in [9.17, 15) is 25.2 Å². The molecule has 1 aromatic carbocycles. The minimum absolute atomic E-state index is 0.335. The van der Waals surface area contributed by atoms with Crippen LogP contribution in [0.15, 0.2) is 23.2 Å². The molecule has 1 fully saturated rings. The van der Waals surface area contributed by atoms with Crippen LogP contribution < -0.4 is 4.74 Å². The molecule has 0 bridgehead atoms. The highest BCUT2D eigenvalue weighted by molar-refractivity contribution is 8.15. The molecule has 4 rings (SSSR count). The van der Waals surface area contributed by atoms with Gasteiger partial charge in [0, 0.05) is 5.75 Å². The highest BCUT2D eigenvalue weighted by atomic mass is 32.2. The topological polar surface area (TPSA) is 162 Å². The van der Waals surface area contributed by atoms with Gasteiger partial charge in [-0.25, -0.2) is 9.78 Å². The summed E-state index contributed by atoms with van der Waals surface area (Å²) in [6, 6.07) is 4.21. The maximum atomic E-state index is 11.1. The second-order valence-electron chi connectivity index (χ2n) is 6.56. The Hall–Kier alpha value is -1.80. The van der Waals surface area contributed by atoms with Crippen molar-refractivity contribution in [1.82, 2.24) is 4.98 Å². The van der Waals surface area contributed by atoms with Gasteiger partial charge in [-0.1, -0.05) is 0 Å². The van der Waals surface area contributed by atoms with Crippen LogP contribution in [0.2, 0.25) is 0 Å². The van der Waals surface area contributed by atoms with Gasteiger partial charge < -0.3 is 35.0 Å². The fourth-order valence-electron chi connectivity index (χ4n) is 2.99. The number of ether oxygens (including phenoxy) is 2. The number of nitrogens with zero attached hydrogens (tertiary/aromatic N) is 2. The molecule has 2 aromatic rings. The third kappa shape index (κ3) is 3.97. The molecule has 10 nitrogen and oxygen atoms in total. The number of benzene rings is 1. The van der Waals surface area contributed by atoms with E-state index < -0.39 is 49.3 Å². The summed E-state index contributed by atoms with van der Waals surface area (Å²) in [6.45, 7) is -0.542. The zero-order valence-electron chi connectivity index (χ0n) is 14.8. The number of thiazole rings is 1. The summed E-state index contributed by atoms with van der Waals surface area (Å²) in [6.07, 6.45) is -6.82. The molecule has 0 amide bonds. The lowest BCUT2D eigenvalue weighted by Gasteiger charge is -2.39. The number of hydrogen-bond donors (Lipinski definition) is 5. The van der Waals surface area contributed by atoms with Crippen LogP contribution in [0.4, 0.5) is 0 Å². The van der Waals surface area contributed by atoms with Crippen LogP contribution in [-0.2, 0) is 9.53 Å². The largest absolute Gasteiger partial charge is 0.480 e. The number of hydrogen-bond acceptors (Lipinski definition) is 11. The second kappa shape index (κ2) is 8.14. The van der Waals surface area contributed by atoms with E-state index in [0.717, 1.165) is 4.70 Å². The summed E-state index contributed by atoms with van der Waals surface area (Å²) < 4.78 is 11.7. The standard InChI is InChI=1S/C17H18N2O8S2/c20-4-9-11(21)12(22)13(23)17(27-9)26-6-1-2-7-10(3-6)29-15(18-7)14-19-8(5-28-14)16(24)25/h1-3,8-9,11-13,17,20-23H,4-5H2,(H,24,25)/t8-,9?,11-,12-,13?,17-/m1/s1. The zero-order valence-corrected chi connectivity index (χ0v) is 16.4. The normalized spacial score (nSPS) is 32.3. The van der Waals surface area contributed by atoms with Gasteiger partial charge in [0.25, 0.3) is 0 Å². The molecule has 2 aliphatic heterocycles. The number of fused-ring (bicyclic) bond motifs is 1. The number of rotatable bonds is 5. The number of aliphatic carboxylic acids is 1. The molecule has 12 heteroatoms. The van der Waals surface area contributed by atoms with E-state index in [1.54, 1.807) is 18.2 Å². The number of thioether (sulfide) groups is 1. The minimum atomic E-state index is -1.52. The number of carboxylic acids is 1. The van der Waals surface area contributed by atoms with Crippen molar-refractivity contribution < 1.29 is 39.8 Å². The monoisotopic (exact) mass is 442 g/mol. The van der Waals surface area contributed by atoms with Crippen LogP contribution in [-0.4, -0.2) is 90.6 Å². The fraction of sp³-hybridized carbons (Fsp3) is 0.471. The molecule has 0 aliphatic carbocycles. The van der Waals surface area contributed by atoms with Gasteiger partial charge in [0.1, 0.15) is 40.2 Å². The van der Waals surface area contributed by atoms with E-state index in [4.69, 9.17) is 14.6 Å². The molecule has 6 atom stereocenters. The van der Waals surface area contributed by atoms with Gasteiger partial charge in [0.2, 0.25) is 6.29 Å². The van der Waals surface area contributed by atoms with E-state index in [1.807, 2.05) is 0 Å². The van der Waals surface area contributed by atoms with Crippen molar-refractivity contribution in [3.05, 3.63) is 23.2 Å². The lowest BCUT2D eigenvalue weighted by atomic mass is 9.99. The molecule has 5 N–H and O–H groups in total. The highest BCUT2D eigenvalue weighted by Gasteiger charge is 2.44. The van der Waals surface area contributed by atoms with Crippen LogP contribution in [0.5, 0.6) is 5.75 Å². The maximum Gasteiger partial charge on any atom is 0.329 e. The molecular weight excluding hydrogens is 424 g/mol. The second-order valence-corrected chi connectivity index (χ2v) is 8.60. The first-order valence-electron chi connectivity index (χ1n) is 8.69. The van der Waals surface area contributed by atoms with E-state index >= 15 is 0 Å². The van der Waals surface area contributed by atoms with Crippen molar-refractivity contribution in [1.29, 1.82) is 0 Å². The number of carbonyl (C=O) groups is 1. The van der Waals surface area contributed by atoms with Crippen molar-refractivity contribution in [3.63, 3.8) is 0 Å². The van der Waals surface area contributed by atoms with Gasteiger partial charge in [-0.05, 0) is 18.2 Å². The van der Waals surface area contributed by atoms with E-state index in [-0.39, 0.29) is 0 Å². The number of aromatic nitrogens is 1. The third-order valence-corrected chi connectivity index (χ3v) is 6.79. The number of carboxylic acid groups (broad SMARTS) is 1. The van der Waals surface area contributed by atoms with Gasteiger partial charge in [-0.3, -0.25) is 4.99 Å². The summed E-state index contributed by atoms with van der Waals surface area (Å²) in [5.74, 6) is -0.267. The maximum absolute atomic E-state index is 11.1. The predicted octanol–water partition coefficient (Wildman–Crippen LogP) is -0.578. The lowest BCUT2D eigenvalue weighted by molar-refractivity contribution is -0.277. The number of aliphatic hydroxyl groups excluding tert-OH is 4. The highest BCUT2D eigenvalue weighted by Crippen LogP contribution is 2.32. The van der Waals surface area contributed by atoms with Crippen LogP contribution >= 0.6 is 23.1 Å². The first kappa shape index (κ1) is 20.5. The summed E-state index contributed by atoms with van der Waals surface area (Å²) in [4.78, 5) is 19.7. The molecule has 156 valence electrons. The van der Waals surface area contributed by atoms with Gasteiger partial charge >= 0.3 is 5.97 Å². The summed E-state index contributed by atoms with van der Waals surface area (Å²) in [5, 5.41) is 49.3. The summed E-state index contributed by atoms with van der Waals surface area (Å²) in [7, 11) is 0. The number of aliphatic hydroxyl groups is 4. The average molecular weight is 442 g/mol. The van der Waals surface area contributed by atoms with Crippen molar-refractivity contribution in [2.24, 2.45) is 4.99 Å². The Labute approximate surface area is 172 Å². The van der Waals surface area contributed by atoms with Crippen molar-refractivity contribution in [2.45, 2.75) is 36.7 Å². The molecule has 2 aliphatic rings. The Morgan fingerprint density at radius 1 is 1.24 bits per heavy atom. The van der Waals surface area contributed by atoms with Crippen LogP contribution in [0, 0.1) is 0 Å². The lowest BCUT2D eigenvalue weighted by Crippen LogP contribution is -2.60. The Balaban J connectivity index is 1.54. The Morgan fingerprint density at radius 2 is 2.03 bits per heavy atom.